The molecule has 0 radical (unpaired) electrons. The number of hydrogen-bond acceptors (Lipinski definition) is 5. The number of hydrogen-bond donors (Lipinski definition) is 1. The largest absolute Gasteiger partial charge is 0.497 e. The third kappa shape index (κ3) is 2.42. The average Bonchev–Trinajstić information content (AvgIpc) is 3.10. The molecule has 1 aliphatic rings. The Kier molecular flexibility index (Phi) is 3.49. The van der Waals surface area contributed by atoms with Gasteiger partial charge in [0.15, 0.2) is 0 Å². The van der Waals surface area contributed by atoms with Crippen LogP contribution in [0.25, 0.3) is 5.70 Å². The molecular formula is C18H17N5O. The Morgan fingerprint density at radius 3 is 2.62 bits per heavy atom. The van der Waals surface area contributed by atoms with E-state index in [1.54, 1.807) is 11.8 Å². The highest BCUT2D eigenvalue weighted by Gasteiger charge is 2.25. The standard InChI is InChI=1S/C18H17N5O/c1-12-5-3-4-6-15(12)17-11-16(19-18-20-21-22-23(17)18)13-7-9-14(24-2)10-8-13/h3-11,17H,1-2H3,(H,19,20,22)/t17-/m0/s1. The van der Waals surface area contributed by atoms with Crippen molar-refractivity contribution in [3.8, 4) is 5.75 Å². The number of methoxy groups -OCH3 is 1. The van der Waals surface area contributed by atoms with E-state index in [1.807, 2.05) is 36.4 Å². The Morgan fingerprint density at radius 2 is 1.88 bits per heavy atom. The molecule has 2 heterocycles. The second kappa shape index (κ2) is 5.81. The van der Waals surface area contributed by atoms with Crippen LogP contribution < -0.4 is 10.1 Å². The smallest absolute Gasteiger partial charge is 0.248 e. The van der Waals surface area contributed by atoms with E-state index >= 15 is 0 Å². The molecule has 0 aliphatic carbocycles. The van der Waals surface area contributed by atoms with Crippen LogP contribution in [0.15, 0.2) is 54.6 Å². The summed E-state index contributed by atoms with van der Waals surface area (Å²) in [7, 11) is 1.66. The van der Waals surface area contributed by atoms with Crippen LogP contribution in [0, 0.1) is 6.92 Å². The van der Waals surface area contributed by atoms with Crippen molar-refractivity contribution in [2.24, 2.45) is 0 Å². The third-order valence-corrected chi connectivity index (χ3v) is 4.24. The number of rotatable bonds is 3. The SMILES string of the molecule is COc1ccc(C2=C[C@@H](c3ccccc3C)n3nnnc3N2)cc1. The fraction of sp³-hybridized carbons (Fsp3) is 0.167. The Morgan fingerprint density at radius 1 is 1.08 bits per heavy atom. The topological polar surface area (TPSA) is 64.9 Å². The van der Waals surface area contributed by atoms with E-state index in [4.69, 9.17) is 4.74 Å². The van der Waals surface area contributed by atoms with Gasteiger partial charge >= 0.3 is 0 Å². The molecule has 0 spiro atoms. The zero-order valence-corrected chi connectivity index (χ0v) is 13.5. The minimum Gasteiger partial charge on any atom is -0.497 e. The molecule has 1 aliphatic heterocycles. The Bertz CT molecular complexity index is 898. The zero-order chi connectivity index (χ0) is 16.5. The van der Waals surface area contributed by atoms with Crippen LogP contribution >= 0.6 is 0 Å². The number of aryl methyl sites for hydroxylation is 1. The van der Waals surface area contributed by atoms with Crippen molar-refractivity contribution in [3.05, 3.63) is 71.3 Å². The predicted molar refractivity (Wildman–Crippen MR) is 91.7 cm³/mol. The van der Waals surface area contributed by atoms with Gasteiger partial charge in [-0.05, 0) is 64.4 Å². The average molecular weight is 319 g/mol. The predicted octanol–water partition coefficient (Wildman–Crippen LogP) is 3.05. The molecule has 6 heteroatoms. The number of nitrogens with one attached hydrogen (secondary N) is 1. The lowest BCUT2D eigenvalue weighted by molar-refractivity contribution is 0.415. The molecule has 1 atom stereocenters. The monoisotopic (exact) mass is 319 g/mol. The number of fused-ring (bicyclic) bond motifs is 1. The number of aromatic nitrogens is 4. The van der Waals surface area contributed by atoms with Crippen LogP contribution in [0.4, 0.5) is 5.95 Å². The van der Waals surface area contributed by atoms with E-state index < -0.39 is 0 Å². The molecular weight excluding hydrogens is 302 g/mol. The molecule has 1 N–H and O–H groups in total. The van der Waals surface area contributed by atoms with Gasteiger partial charge in [0.2, 0.25) is 5.95 Å². The van der Waals surface area contributed by atoms with Crippen LogP contribution in [0.1, 0.15) is 22.7 Å². The Hall–Kier alpha value is -3.15. The summed E-state index contributed by atoms with van der Waals surface area (Å²) in [5.74, 6) is 1.46. The summed E-state index contributed by atoms with van der Waals surface area (Å²) in [5, 5.41) is 15.3. The van der Waals surface area contributed by atoms with E-state index in [0.717, 1.165) is 17.0 Å². The number of allylic oxidation sites excluding steroid dienone is 1. The summed E-state index contributed by atoms with van der Waals surface area (Å²) < 4.78 is 7.03. The van der Waals surface area contributed by atoms with Crippen LogP contribution in [-0.4, -0.2) is 27.3 Å². The highest BCUT2D eigenvalue weighted by Crippen LogP contribution is 2.33. The van der Waals surface area contributed by atoms with Crippen LogP contribution in [0.2, 0.25) is 0 Å². The number of nitrogens with zero attached hydrogens (tertiary/aromatic N) is 4. The molecule has 0 fully saturated rings. The summed E-state index contributed by atoms with van der Waals surface area (Å²) in [5.41, 5.74) is 4.42. The molecule has 3 aromatic rings. The second-order valence-corrected chi connectivity index (χ2v) is 5.68. The highest BCUT2D eigenvalue weighted by molar-refractivity contribution is 5.77. The minimum absolute atomic E-state index is 0.0467. The molecule has 2 aromatic carbocycles. The third-order valence-electron chi connectivity index (χ3n) is 4.24. The molecule has 6 nitrogen and oxygen atoms in total. The summed E-state index contributed by atoms with van der Waals surface area (Å²) in [6.07, 6.45) is 2.15. The lowest BCUT2D eigenvalue weighted by Gasteiger charge is -2.24. The maximum atomic E-state index is 5.23. The molecule has 0 bridgehead atoms. The van der Waals surface area contributed by atoms with Crippen LogP contribution in [0.3, 0.4) is 0 Å². The summed E-state index contributed by atoms with van der Waals surface area (Å²) in [6.45, 7) is 2.10. The van der Waals surface area contributed by atoms with E-state index in [-0.39, 0.29) is 6.04 Å². The van der Waals surface area contributed by atoms with Crippen LogP contribution in [-0.2, 0) is 0 Å². The highest BCUT2D eigenvalue weighted by atomic mass is 16.5. The summed E-state index contributed by atoms with van der Waals surface area (Å²) >= 11 is 0. The lowest BCUT2D eigenvalue weighted by atomic mass is 9.98. The second-order valence-electron chi connectivity index (χ2n) is 5.68. The maximum absolute atomic E-state index is 5.23. The number of anilines is 1. The van der Waals surface area contributed by atoms with Crippen molar-refractivity contribution in [1.29, 1.82) is 0 Å². The molecule has 0 unspecified atom stereocenters. The number of benzene rings is 2. The van der Waals surface area contributed by atoms with Crippen molar-refractivity contribution < 1.29 is 4.74 Å². The quantitative estimate of drug-likeness (QED) is 0.804. The van der Waals surface area contributed by atoms with Crippen molar-refractivity contribution in [3.63, 3.8) is 0 Å². The Labute approximate surface area is 139 Å². The molecule has 24 heavy (non-hydrogen) atoms. The molecule has 0 amide bonds. The lowest BCUT2D eigenvalue weighted by Crippen LogP contribution is -2.20. The Balaban J connectivity index is 1.80. The van der Waals surface area contributed by atoms with Gasteiger partial charge in [0, 0.05) is 5.70 Å². The van der Waals surface area contributed by atoms with E-state index in [1.165, 1.54) is 11.1 Å². The van der Waals surface area contributed by atoms with Crippen LogP contribution in [0.5, 0.6) is 5.75 Å². The molecule has 0 saturated carbocycles. The molecule has 4 rings (SSSR count). The van der Waals surface area contributed by atoms with Crippen molar-refractivity contribution >= 4 is 11.6 Å². The first kappa shape index (κ1) is 14.4. The van der Waals surface area contributed by atoms with Crippen molar-refractivity contribution in [1.82, 2.24) is 20.2 Å². The number of ether oxygens (including phenoxy) is 1. The van der Waals surface area contributed by atoms with Gasteiger partial charge in [0.25, 0.3) is 0 Å². The van der Waals surface area contributed by atoms with Gasteiger partial charge in [-0.1, -0.05) is 29.4 Å². The normalized spacial score (nSPS) is 16.1. The van der Waals surface area contributed by atoms with Crippen molar-refractivity contribution in [2.75, 3.05) is 12.4 Å². The summed E-state index contributed by atoms with van der Waals surface area (Å²) in [6, 6.07) is 16.2. The zero-order valence-electron chi connectivity index (χ0n) is 13.5. The van der Waals surface area contributed by atoms with E-state index in [0.29, 0.717) is 5.95 Å². The van der Waals surface area contributed by atoms with Gasteiger partial charge in [-0.25, -0.2) is 0 Å². The van der Waals surface area contributed by atoms with Gasteiger partial charge in [0.05, 0.1) is 7.11 Å². The summed E-state index contributed by atoms with van der Waals surface area (Å²) in [4.78, 5) is 0. The minimum atomic E-state index is -0.0467. The first-order chi connectivity index (χ1) is 11.8. The van der Waals surface area contributed by atoms with Gasteiger partial charge in [-0.2, -0.15) is 4.68 Å². The molecule has 1 aromatic heterocycles. The maximum Gasteiger partial charge on any atom is 0.248 e. The van der Waals surface area contributed by atoms with Gasteiger partial charge < -0.3 is 10.1 Å². The molecule has 0 saturated heterocycles. The van der Waals surface area contributed by atoms with Gasteiger partial charge in [0.1, 0.15) is 11.8 Å². The fourth-order valence-corrected chi connectivity index (χ4v) is 2.93. The van der Waals surface area contributed by atoms with E-state index in [9.17, 15) is 0 Å². The van der Waals surface area contributed by atoms with E-state index in [2.05, 4.69) is 46.0 Å². The first-order valence-electron chi connectivity index (χ1n) is 7.73. The first-order valence-corrected chi connectivity index (χ1v) is 7.73. The van der Waals surface area contributed by atoms with Crippen molar-refractivity contribution in [2.45, 2.75) is 13.0 Å². The van der Waals surface area contributed by atoms with Gasteiger partial charge in [-0.15, -0.1) is 0 Å². The number of tetrazole rings is 1. The fourth-order valence-electron chi connectivity index (χ4n) is 2.93. The molecule has 120 valence electrons. The van der Waals surface area contributed by atoms with Gasteiger partial charge in [-0.3, -0.25) is 0 Å².